The molecule has 0 unspecified atom stereocenters. The molecule has 0 aromatic heterocycles. The second-order valence-corrected chi connectivity index (χ2v) is 10.7. The third-order valence-electron chi connectivity index (χ3n) is 6.03. The van der Waals surface area contributed by atoms with E-state index in [9.17, 15) is 27.6 Å². The lowest BCUT2D eigenvalue weighted by molar-refractivity contribution is -0.909. The predicted molar refractivity (Wildman–Crippen MR) is 149 cm³/mol. The van der Waals surface area contributed by atoms with E-state index in [0.717, 1.165) is 38.5 Å². The number of carbonyl (C=O) groups is 3. The molecule has 0 heterocycles. The molecule has 232 valence electrons. The van der Waals surface area contributed by atoms with Gasteiger partial charge in [-0.15, -0.1) is 0 Å². The maximum atomic E-state index is 10.8. The molecule has 3 rings (SSSR count). The second-order valence-electron chi connectivity index (χ2n) is 9.30. The van der Waals surface area contributed by atoms with Crippen LogP contribution < -0.4 is 14.2 Å². The van der Waals surface area contributed by atoms with Gasteiger partial charge in [-0.3, -0.25) is 14.4 Å². The van der Waals surface area contributed by atoms with E-state index in [1.807, 2.05) is 0 Å². The first-order valence-electron chi connectivity index (χ1n) is 12.7. The van der Waals surface area contributed by atoms with Crippen LogP contribution in [0.4, 0.5) is 13.2 Å². The Hall–Kier alpha value is -4.27. The Bertz CT molecular complexity index is 1270. The van der Waals surface area contributed by atoms with Crippen LogP contribution in [0.1, 0.15) is 31.1 Å². The van der Waals surface area contributed by atoms with E-state index in [1.54, 1.807) is 72.8 Å². The number of benzene rings is 3. The number of hydrogen-bond donors (Lipinski definition) is 0. The summed E-state index contributed by atoms with van der Waals surface area (Å²) >= 11 is 0. The van der Waals surface area contributed by atoms with E-state index in [2.05, 4.69) is 7.05 Å². The van der Waals surface area contributed by atoms with E-state index in [1.165, 1.54) is 0 Å². The van der Waals surface area contributed by atoms with Gasteiger partial charge in [-0.05, 0) is 72.8 Å². The largest absolute Gasteiger partial charge is 0.741 e. The van der Waals surface area contributed by atoms with Crippen LogP contribution in [-0.2, 0) is 10.1 Å². The molecular weight excluding hydrogens is 595 g/mol. The van der Waals surface area contributed by atoms with Crippen LogP contribution in [0.5, 0.6) is 17.2 Å². The maximum absolute atomic E-state index is 10.8. The molecule has 0 fully saturated rings. The number of halogens is 3. The van der Waals surface area contributed by atoms with Crippen molar-refractivity contribution in [1.29, 1.82) is 0 Å². The first-order chi connectivity index (χ1) is 20.3. The number of likely N-dealkylation sites (N-methyl/N-ethyl adjacent to an activating group) is 1. The van der Waals surface area contributed by atoms with Crippen LogP contribution in [0.2, 0.25) is 0 Å². The number of alkyl halides is 3. The summed E-state index contributed by atoms with van der Waals surface area (Å²) in [6, 6.07) is 21.1. The third-order valence-corrected chi connectivity index (χ3v) is 6.60. The van der Waals surface area contributed by atoms with Crippen LogP contribution in [0, 0.1) is 0 Å². The Balaban J connectivity index is 0.000000708. The Morgan fingerprint density at radius 1 is 0.628 bits per heavy atom. The van der Waals surface area contributed by atoms with Gasteiger partial charge < -0.3 is 23.2 Å². The molecule has 3 aromatic rings. The van der Waals surface area contributed by atoms with Gasteiger partial charge in [0.15, 0.2) is 10.1 Å². The number of ether oxygens (including phenoxy) is 3. The molecule has 0 aliphatic rings. The van der Waals surface area contributed by atoms with Crippen LogP contribution >= 0.6 is 0 Å². The summed E-state index contributed by atoms with van der Waals surface area (Å²) in [7, 11) is -3.97. The molecular formula is C29H30F3NO9S. The van der Waals surface area contributed by atoms with E-state index in [-0.39, 0.29) is 0 Å². The zero-order chi connectivity index (χ0) is 31.9. The zero-order valence-corrected chi connectivity index (χ0v) is 23.9. The fourth-order valence-electron chi connectivity index (χ4n) is 3.41. The summed E-state index contributed by atoms with van der Waals surface area (Å²) in [4.78, 5) is 32.5. The fraction of sp³-hybridized carbons (Fsp3) is 0.276. The van der Waals surface area contributed by atoms with Gasteiger partial charge in [0, 0.05) is 16.7 Å². The molecule has 0 spiro atoms. The summed E-state index contributed by atoms with van der Waals surface area (Å²) in [5.74, 6) is 2.13. The number of aldehydes is 3. The topological polar surface area (TPSA) is 136 Å². The van der Waals surface area contributed by atoms with Crippen LogP contribution in [0.25, 0.3) is 0 Å². The smallest absolute Gasteiger partial charge is 0.485 e. The standard InChI is InChI=1S/C28H30NO6.CHF3O3S/c1-29(14-17-33-26-8-2-23(20-30)3-9-26,15-18-34-27-10-4-24(21-31)5-11-27)16-19-35-28-12-6-25(22-32)7-13-28;2-1(3,4)8(5,6)7/h2-13,20-22H,14-19H2,1H3;(H,5,6,7)/q+1;/p-1. The fourth-order valence-corrected chi connectivity index (χ4v) is 3.41. The highest BCUT2D eigenvalue weighted by molar-refractivity contribution is 7.86. The van der Waals surface area contributed by atoms with Gasteiger partial charge in [-0.1, -0.05) is 0 Å². The Labute approximate surface area is 246 Å². The molecule has 0 amide bonds. The van der Waals surface area contributed by atoms with Crippen molar-refractivity contribution in [3.05, 3.63) is 89.5 Å². The first-order valence-corrected chi connectivity index (χ1v) is 14.1. The molecule has 0 N–H and O–H groups in total. The number of nitrogens with zero attached hydrogens (tertiary/aromatic N) is 1. The van der Waals surface area contributed by atoms with Crippen molar-refractivity contribution >= 4 is 29.0 Å². The summed E-state index contributed by atoms with van der Waals surface area (Å²) in [6.07, 6.45) is 2.41. The van der Waals surface area contributed by atoms with Crippen molar-refractivity contribution in [2.24, 2.45) is 0 Å². The molecule has 3 aromatic carbocycles. The van der Waals surface area contributed by atoms with Gasteiger partial charge in [-0.25, -0.2) is 8.42 Å². The summed E-state index contributed by atoms with van der Waals surface area (Å²) in [5, 5.41) is 0. The Kier molecular flexibility index (Phi) is 13.3. The molecule has 14 heteroatoms. The summed E-state index contributed by atoms with van der Waals surface area (Å²) in [5.41, 5.74) is -3.83. The maximum Gasteiger partial charge on any atom is 0.485 e. The first kappa shape index (κ1) is 34.9. The Morgan fingerprint density at radius 2 is 0.860 bits per heavy atom. The van der Waals surface area contributed by atoms with E-state index >= 15 is 0 Å². The van der Waals surface area contributed by atoms with Gasteiger partial charge in [0.05, 0.1) is 7.05 Å². The van der Waals surface area contributed by atoms with Crippen LogP contribution in [0.3, 0.4) is 0 Å². The molecule has 0 aliphatic heterocycles. The number of quaternary nitrogens is 1. The van der Waals surface area contributed by atoms with Crippen LogP contribution in [-0.4, -0.2) is 88.3 Å². The van der Waals surface area contributed by atoms with Gasteiger partial charge in [-0.2, -0.15) is 13.2 Å². The number of carbonyl (C=O) groups excluding carboxylic acids is 3. The molecule has 0 saturated heterocycles. The summed E-state index contributed by atoms with van der Waals surface area (Å²) < 4.78 is 77.3. The number of rotatable bonds is 15. The van der Waals surface area contributed by atoms with Gasteiger partial charge >= 0.3 is 5.51 Å². The van der Waals surface area contributed by atoms with Crippen molar-refractivity contribution in [2.75, 3.05) is 46.5 Å². The highest BCUT2D eigenvalue weighted by atomic mass is 32.2. The van der Waals surface area contributed by atoms with Gasteiger partial charge in [0.25, 0.3) is 0 Å². The Morgan fingerprint density at radius 3 is 1.05 bits per heavy atom. The molecule has 43 heavy (non-hydrogen) atoms. The van der Waals surface area contributed by atoms with Crippen molar-refractivity contribution in [2.45, 2.75) is 5.51 Å². The molecule has 0 radical (unpaired) electrons. The van der Waals surface area contributed by atoms with Crippen molar-refractivity contribution in [1.82, 2.24) is 0 Å². The highest BCUT2D eigenvalue weighted by Gasteiger charge is 2.36. The minimum absolute atomic E-state index is 0.485. The van der Waals surface area contributed by atoms with Crippen molar-refractivity contribution in [3.8, 4) is 17.2 Å². The third kappa shape index (κ3) is 12.6. The average molecular weight is 626 g/mol. The number of hydrogen-bond acceptors (Lipinski definition) is 9. The van der Waals surface area contributed by atoms with E-state index in [0.29, 0.717) is 58.2 Å². The van der Waals surface area contributed by atoms with Gasteiger partial charge in [0.2, 0.25) is 0 Å². The summed E-state index contributed by atoms with van der Waals surface area (Å²) in [6.45, 7) is 3.61. The minimum Gasteiger partial charge on any atom is -0.741 e. The predicted octanol–water partition coefficient (Wildman–Crippen LogP) is 4.16. The quantitative estimate of drug-likeness (QED) is 0.106. The normalized spacial score (nSPS) is 11.5. The average Bonchev–Trinajstić information content (AvgIpc) is 2.97. The molecule has 0 aliphatic carbocycles. The van der Waals surface area contributed by atoms with Crippen molar-refractivity contribution < 1.29 is 59.2 Å². The van der Waals surface area contributed by atoms with Crippen LogP contribution in [0.15, 0.2) is 72.8 Å². The lowest BCUT2D eigenvalue weighted by Gasteiger charge is -2.34. The lowest BCUT2D eigenvalue weighted by Crippen LogP contribution is -2.51. The molecule has 0 atom stereocenters. The monoisotopic (exact) mass is 625 g/mol. The van der Waals surface area contributed by atoms with Gasteiger partial charge in [0.1, 0.15) is 75.6 Å². The molecule has 0 saturated carbocycles. The highest BCUT2D eigenvalue weighted by Crippen LogP contribution is 2.20. The molecule has 0 bridgehead atoms. The van der Waals surface area contributed by atoms with E-state index < -0.39 is 15.6 Å². The SMILES string of the molecule is C[N+](CCOc1ccc(C=O)cc1)(CCOc1ccc(C=O)cc1)CCOc1ccc(C=O)cc1.O=S(=O)([O-])C(F)(F)F. The van der Waals surface area contributed by atoms with E-state index in [4.69, 9.17) is 27.2 Å². The zero-order valence-electron chi connectivity index (χ0n) is 23.1. The van der Waals surface area contributed by atoms with Crippen molar-refractivity contribution in [3.63, 3.8) is 0 Å². The minimum atomic E-state index is -6.09. The second kappa shape index (κ2) is 16.4. The lowest BCUT2D eigenvalue weighted by atomic mass is 10.2. The molecule has 10 nitrogen and oxygen atoms in total.